The predicted octanol–water partition coefficient (Wildman–Crippen LogP) is 3.42. The molecule has 1 amide bonds. The van der Waals surface area contributed by atoms with Crippen molar-refractivity contribution in [3.63, 3.8) is 0 Å². The van der Waals surface area contributed by atoms with Crippen molar-refractivity contribution in [1.29, 1.82) is 0 Å². The Balaban J connectivity index is 1.45. The van der Waals surface area contributed by atoms with Gasteiger partial charge < -0.3 is 19.3 Å². The van der Waals surface area contributed by atoms with Crippen LogP contribution in [0.25, 0.3) is 5.69 Å². The Hall–Kier alpha value is -3.78. The molecule has 176 valence electrons. The SMILES string of the molecule is C=CCOc1ccc(C(=O)N2CCN(c3cnn(-c4ccccc4)c(=O)c3Cl)CC2)cc1OC. The number of amides is 1. The van der Waals surface area contributed by atoms with Gasteiger partial charge in [-0.2, -0.15) is 9.78 Å². The van der Waals surface area contributed by atoms with Crippen LogP contribution >= 0.6 is 11.6 Å². The van der Waals surface area contributed by atoms with Crippen LogP contribution in [-0.2, 0) is 0 Å². The Kier molecular flexibility index (Phi) is 7.18. The highest BCUT2D eigenvalue weighted by atomic mass is 35.5. The zero-order valence-corrected chi connectivity index (χ0v) is 19.6. The molecule has 1 saturated heterocycles. The van der Waals surface area contributed by atoms with Gasteiger partial charge in [-0.05, 0) is 30.3 Å². The number of ether oxygens (including phenoxy) is 2. The van der Waals surface area contributed by atoms with E-state index in [2.05, 4.69) is 11.7 Å². The topological polar surface area (TPSA) is 76.9 Å². The largest absolute Gasteiger partial charge is 0.493 e. The highest BCUT2D eigenvalue weighted by molar-refractivity contribution is 6.33. The van der Waals surface area contributed by atoms with Crippen molar-refractivity contribution >= 4 is 23.2 Å². The van der Waals surface area contributed by atoms with E-state index in [0.29, 0.717) is 61.2 Å². The summed E-state index contributed by atoms with van der Waals surface area (Å²) in [5.41, 5.74) is 1.35. The standard InChI is InChI=1S/C25H25ClN4O4/c1-3-15-34-21-10-9-18(16-22(21)33-2)24(31)29-13-11-28(12-14-29)20-17-27-30(25(32)23(20)26)19-7-5-4-6-8-19/h3-10,16-17H,1,11-15H2,2H3. The number of anilines is 1. The zero-order valence-electron chi connectivity index (χ0n) is 18.8. The lowest BCUT2D eigenvalue weighted by atomic mass is 10.1. The quantitative estimate of drug-likeness (QED) is 0.482. The Morgan fingerprint density at radius 2 is 1.85 bits per heavy atom. The number of carbonyl (C=O) groups excluding carboxylic acids is 1. The minimum absolute atomic E-state index is 0.100. The summed E-state index contributed by atoms with van der Waals surface area (Å²) in [6.07, 6.45) is 3.24. The van der Waals surface area contributed by atoms with Crippen LogP contribution in [0.2, 0.25) is 5.02 Å². The minimum atomic E-state index is -0.380. The molecule has 1 aliphatic rings. The van der Waals surface area contributed by atoms with Gasteiger partial charge in [-0.15, -0.1) is 0 Å². The van der Waals surface area contributed by atoms with Crippen LogP contribution in [0.5, 0.6) is 11.5 Å². The second-order valence-corrected chi connectivity index (χ2v) is 8.02. The molecule has 1 fully saturated rings. The summed E-state index contributed by atoms with van der Waals surface area (Å²) in [6.45, 7) is 5.99. The molecule has 0 atom stereocenters. The molecule has 0 aliphatic carbocycles. The Morgan fingerprint density at radius 3 is 2.53 bits per heavy atom. The first-order valence-corrected chi connectivity index (χ1v) is 11.2. The van der Waals surface area contributed by atoms with Crippen molar-refractivity contribution in [2.75, 3.05) is 44.8 Å². The van der Waals surface area contributed by atoms with Gasteiger partial charge in [0.25, 0.3) is 11.5 Å². The molecular weight excluding hydrogens is 456 g/mol. The number of para-hydroxylation sites is 1. The summed E-state index contributed by atoms with van der Waals surface area (Å²) in [7, 11) is 1.53. The molecule has 8 nitrogen and oxygen atoms in total. The van der Waals surface area contributed by atoms with Gasteiger partial charge in [0.2, 0.25) is 0 Å². The van der Waals surface area contributed by atoms with E-state index in [9.17, 15) is 9.59 Å². The second kappa shape index (κ2) is 10.4. The first-order chi connectivity index (χ1) is 16.5. The third-order valence-electron chi connectivity index (χ3n) is 5.58. The zero-order chi connectivity index (χ0) is 24.1. The van der Waals surface area contributed by atoms with Crippen molar-refractivity contribution < 1.29 is 14.3 Å². The van der Waals surface area contributed by atoms with E-state index in [4.69, 9.17) is 21.1 Å². The molecule has 0 N–H and O–H groups in total. The Bertz CT molecular complexity index is 1240. The molecule has 0 bridgehead atoms. The van der Waals surface area contributed by atoms with Crippen LogP contribution in [0.4, 0.5) is 5.69 Å². The summed E-state index contributed by atoms with van der Waals surface area (Å²) in [5.74, 6) is 0.941. The van der Waals surface area contributed by atoms with Gasteiger partial charge in [0.1, 0.15) is 11.6 Å². The molecule has 34 heavy (non-hydrogen) atoms. The monoisotopic (exact) mass is 480 g/mol. The van der Waals surface area contributed by atoms with E-state index in [1.54, 1.807) is 47.5 Å². The maximum absolute atomic E-state index is 13.1. The van der Waals surface area contributed by atoms with Crippen LogP contribution in [-0.4, -0.2) is 60.5 Å². The molecule has 0 radical (unpaired) electrons. The summed E-state index contributed by atoms with van der Waals surface area (Å²) in [6, 6.07) is 14.2. The average Bonchev–Trinajstić information content (AvgIpc) is 2.89. The summed E-state index contributed by atoms with van der Waals surface area (Å²) < 4.78 is 12.2. The fraction of sp³-hybridized carbons (Fsp3) is 0.240. The molecule has 1 aromatic heterocycles. The number of hydrogen-bond acceptors (Lipinski definition) is 6. The number of rotatable bonds is 7. The second-order valence-electron chi connectivity index (χ2n) is 7.64. The lowest BCUT2D eigenvalue weighted by Crippen LogP contribution is -2.49. The van der Waals surface area contributed by atoms with Crippen LogP contribution in [0.1, 0.15) is 10.4 Å². The molecule has 0 unspecified atom stereocenters. The molecule has 9 heteroatoms. The lowest BCUT2D eigenvalue weighted by molar-refractivity contribution is 0.0746. The van der Waals surface area contributed by atoms with E-state index >= 15 is 0 Å². The van der Waals surface area contributed by atoms with Crippen LogP contribution in [0.15, 0.2) is 72.2 Å². The van der Waals surface area contributed by atoms with Gasteiger partial charge in [0, 0.05) is 31.7 Å². The summed E-state index contributed by atoms with van der Waals surface area (Å²) in [4.78, 5) is 29.6. The van der Waals surface area contributed by atoms with Crippen LogP contribution in [0.3, 0.4) is 0 Å². The highest BCUT2D eigenvalue weighted by Crippen LogP contribution is 2.29. The molecule has 3 aromatic rings. The molecule has 2 aromatic carbocycles. The first-order valence-electron chi connectivity index (χ1n) is 10.8. The van der Waals surface area contributed by atoms with Crippen LogP contribution < -0.4 is 19.9 Å². The van der Waals surface area contributed by atoms with Gasteiger partial charge in [0.05, 0.1) is 24.7 Å². The number of benzene rings is 2. The van der Waals surface area contributed by atoms with E-state index in [1.165, 1.54) is 11.8 Å². The molecule has 1 aliphatic heterocycles. The number of nitrogens with zero attached hydrogens (tertiary/aromatic N) is 4. The molecular formula is C25H25ClN4O4. The van der Waals surface area contributed by atoms with Gasteiger partial charge in [-0.1, -0.05) is 42.5 Å². The molecule has 0 spiro atoms. The average molecular weight is 481 g/mol. The Morgan fingerprint density at radius 1 is 1.12 bits per heavy atom. The number of carbonyl (C=O) groups is 1. The van der Waals surface area contributed by atoms with Crippen molar-refractivity contribution in [2.24, 2.45) is 0 Å². The highest BCUT2D eigenvalue weighted by Gasteiger charge is 2.25. The number of hydrogen-bond donors (Lipinski definition) is 0. The number of methoxy groups -OCH3 is 1. The van der Waals surface area contributed by atoms with E-state index in [1.807, 2.05) is 23.1 Å². The van der Waals surface area contributed by atoms with Gasteiger partial charge in [-0.25, -0.2) is 0 Å². The summed E-state index contributed by atoms with van der Waals surface area (Å²) in [5, 5.41) is 4.41. The minimum Gasteiger partial charge on any atom is -0.493 e. The van der Waals surface area contributed by atoms with E-state index in [-0.39, 0.29) is 16.5 Å². The third kappa shape index (κ3) is 4.77. The van der Waals surface area contributed by atoms with Gasteiger partial charge in [0.15, 0.2) is 11.5 Å². The van der Waals surface area contributed by atoms with Gasteiger partial charge >= 0.3 is 0 Å². The fourth-order valence-corrected chi connectivity index (χ4v) is 4.05. The van der Waals surface area contributed by atoms with Crippen molar-refractivity contribution in [3.8, 4) is 17.2 Å². The van der Waals surface area contributed by atoms with Crippen molar-refractivity contribution in [1.82, 2.24) is 14.7 Å². The molecule has 2 heterocycles. The summed E-state index contributed by atoms with van der Waals surface area (Å²) >= 11 is 6.43. The molecule has 0 saturated carbocycles. The lowest BCUT2D eigenvalue weighted by Gasteiger charge is -2.36. The smallest absolute Gasteiger partial charge is 0.292 e. The van der Waals surface area contributed by atoms with E-state index < -0.39 is 0 Å². The third-order valence-corrected chi connectivity index (χ3v) is 5.93. The maximum Gasteiger partial charge on any atom is 0.292 e. The number of aromatic nitrogens is 2. The fourth-order valence-electron chi connectivity index (χ4n) is 3.80. The van der Waals surface area contributed by atoms with E-state index in [0.717, 1.165) is 0 Å². The Labute approximate surface area is 202 Å². The number of halogens is 1. The maximum atomic E-state index is 13.1. The van der Waals surface area contributed by atoms with Crippen LogP contribution in [0, 0.1) is 0 Å². The van der Waals surface area contributed by atoms with Gasteiger partial charge in [-0.3, -0.25) is 9.59 Å². The predicted molar refractivity (Wildman–Crippen MR) is 132 cm³/mol. The first kappa shape index (κ1) is 23.4. The van der Waals surface area contributed by atoms with Crippen molar-refractivity contribution in [3.05, 3.63) is 88.3 Å². The molecule has 4 rings (SSSR count). The van der Waals surface area contributed by atoms with Crippen molar-refractivity contribution in [2.45, 2.75) is 0 Å². The normalized spacial score (nSPS) is 13.5. The number of piperazine rings is 1.